The van der Waals surface area contributed by atoms with Gasteiger partial charge in [-0.1, -0.05) is 0 Å². The minimum atomic E-state index is -0.778. The number of phenols is 1. The number of halogens is 3. The number of hydrogen-bond donors (Lipinski definition) is 2. The quantitative estimate of drug-likeness (QED) is 0.774. The molecule has 1 saturated heterocycles. The lowest BCUT2D eigenvalue weighted by molar-refractivity contribution is 0.440. The maximum atomic E-state index is 13.7. The van der Waals surface area contributed by atoms with Gasteiger partial charge < -0.3 is 10.4 Å². The van der Waals surface area contributed by atoms with E-state index in [9.17, 15) is 13.9 Å². The van der Waals surface area contributed by atoms with E-state index in [0.29, 0.717) is 6.54 Å². The Labute approximate surface area is 94.4 Å². The minimum Gasteiger partial charge on any atom is -0.507 e. The Bertz CT molecular complexity index is 391. The molecule has 1 aliphatic heterocycles. The summed E-state index contributed by atoms with van der Waals surface area (Å²) in [5.74, 6) is -1.86. The Morgan fingerprint density at radius 2 is 2.20 bits per heavy atom. The van der Waals surface area contributed by atoms with Gasteiger partial charge in [-0.05, 0) is 28.9 Å². The Kier molecular flexibility index (Phi) is 2.93. The molecule has 1 aromatic rings. The highest BCUT2D eigenvalue weighted by molar-refractivity contribution is 9.10. The first-order chi connectivity index (χ1) is 7.11. The highest BCUT2D eigenvalue weighted by atomic mass is 79.9. The van der Waals surface area contributed by atoms with Crippen molar-refractivity contribution in [3.63, 3.8) is 0 Å². The van der Waals surface area contributed by atoms with Crippen LogP contribution in [0.15, 0.2) is 10.5 Å². The van der Waals surface area contributed by atoms with E-state index in [1.165, 1.54) is 0 Å². The third-order valence-electron chi connectivity index (χ3n) is 2.65. The molecule has 1 aliphatic rings. The predicted molar refractivity (Wildman–Crippen MR) is 56.0 cm³/mol. The number of nitrogens with one attached hydrogen (secondary N) is 1. The van der Waals surface area contributed by atoms with Gasteiger partial charge in [0.2, 0.25) is 0 Å². The first kappa shape index (κ1) is 10.8. The highest BCUT2D eigenvalue weighted by Crippen LogP contribution is 2.37. The Balaban J connectivity index is 2.50. The van der Waals surface area contributed by atoms with Crippen LogP contribution in [0.1, 0.15) is 17.9 Å². The summed E-state index contributed by atoms with van der Waals surface area (Å²) in [4.78, 5) is 0. The average molecular weight is 278 g/mol. The minimum absolute atomic E-state index is 0.0816. The molecule has 0 saturated carbocycles. The largest absolute Gasteiger partial charge is 0.507 e. The van der Waals surface area contributed by atoms with Crippen molar-refractivity contribution in [3.8, 4) is 5.75 Å². The molecule has 0 aromatic heterocycles. The van der Waals surface area contributed by atoms with E-state index < -0.39 is 11.6 Å². The molecular formula is C10H10BrF2NO. The molecule has 2 nitrogen and oxygen atoms in total. The Morgan fingerprint density at radius 3 is 2.80 bits per heavy atom. The molecule has 0 bridgehead atoms. The fourth-order valence-corrected chi connectivity index (χ4v) is 2.21. The highest BCUT2D eigenvalue weighted by Gasteiger charge is 2.26. The molecule has 0 amide bonds. The standard InChI is InChI=1S/C10H10BrF2NO/c11-9-6(12)3-7(15)8(10(9)13)5-1-2-14-4-5/h3,5,14-15H,1-2,4H2. The van der Waals surface area contributed by atoms with Crippen molar-refractivity contribution in [2.45, 2.75) is 12.3 Å². The van der Waals surface area contributed by atoms with Gasteiger partial charge in [0.05, 0.1) is 4.47 Å². The zero-order chi connectivity index (χ0) is 11.0. The number of hydrogen-bond acceptors (Lipinski definition) is 2. The zero-order valence-corrected chi connectivity index (χ0v) is 9.44. The first-order valence-electron chi connectivity index (χ1n) is 4.68. The molecule has 1 heterocycles. The van der Waals surface area contributed by atoms with Crippen molar-refractivity contribution in [1.82, 2.24) is 5.32 Å². The summed E-state index contributed by atoms with van der Waals surface area (Å²) in [6, 6.07) is 0.945. The number of rotatable bonds is 1. The van der Waals surface area contributed by atoms with E-state index in [-0.39, 0.29) is 21.7 Å². The van der Waals surface area contributed by atoms with Crippen LogP contribution >= 0.6 is 15.9 Å². The number of phenolic OH excluding ortho intramolecular Hbond substituents is 1. The molecule has 1 aromatic carbocycles. The SMILES string of the molecule is Oc1cc(F)c(Br)c(F)c1C1CCNC1. The molecule has 1 fully saturated rings. The molecule has 0 spiro atoms. The molecule has 1 unspecified atom stereocenters. The van der Waals surface area contributed by atoms with Crippen LogP contribution in [0.3, 0.4) is 0 Å². The second-order valence-electron chi connectivity index (χ2n) is 3.61. The van der Waals surface area contributed by atoms with Gasteiger partial charge >= 0.3 is 0 Å². The third kappa shape index (κ3) is 1.86. The molecule has 15 heavy (non-hydrogen) atoms. The van der Waals surface area contributed by atoms with Crippen molar-refractivity contribution in [2.24, 2.45) is 0 Å². The van der Waals surface area contributed by atoms with Crippen LogP contribution in [0.2, 0.25) is 0 Å². The van der Waals surface area contributed by atoms with E-state index in [1.54, 1.807) is 0 Å². The molecule has 5 heteroatoms. The van der Waals surface area contributed by atoms with E-state index in [1.807, 2.05) is 0 Å². The van der Waals surface area contributed by atoms with Crippen molar-refractivity contribution < 1.29 is 13.9 Å². The average Bonchev–Trinajstić information content (AvgIpc) is 2.68. The van der Waals surface area contributed by atoms with E-state index in [4.69, 9.17) is 0 Å². The van der Waals surface area contributed by atoms with Crippen LogP contribution in [0.25, 0.3) is 0 Å². The lowest BCUT2D eigenvalue weighted by Crippen LogP contribution is -2.09. The summed E-state index contributed by atoms with van der Waals surface area (Å²) < 4.78 is 26.5. The van der Waals surface area contributed by atoms with Crippen LogP contribution in [-0.4, -0.2) is 18.2 Å². The summed E-state index contributed by atoms with van der Waals surface area (Å²) in [5.41, 5.74) is 0.202. The van der Waals surface area contributed by atoms with Crippen molar-refractivity contribution in [2.75, 3.05) is 13.1 Å². The Morgan fingerprint density at radius 1 is 1.47 bits per heavy atom. The van der Waals surface area contributed by atoms with E-state index in [2.05, 4.69) is 21.2 Å². The molecule has 82 valence electrons. The summed E-state index contributed by atoms with van der Waals surface area (Å²) in [6.07, 6.45) is 0.753. The fraction of sp³-hybridized carbons (Fsp3) is 0.400. The van der Waals surface area contributed by atoms with Crippen molar-refractivity contribution >= 4 is 15.9 Å². The smallest absolute Gasteiger partial charge is 0.147 e. The molecule has 0 radical (unpaired) electrons. The summed E-state index contributed by atoms with van der Waals surface area (Å²) in [6.45, 7) is 1.40. The monoisotopic (exact) mass is 277 g/mol. The van der Waals surface area contributed by atoms with Gasteiger partial charge in [-0.15, -0.1) is 0 Å². The van der Waals surface area contributed by atoms with Gasteiger partial charge in [0.1, 0.15) is 17.4 Å². The topological polar surface area (TPSA) is 32.3 Å². The maximum absolute atomic E-state index is 13.7. The number of benzene rings is 1. The van der Waals surface area contributed by atoms with E-state index in [0.717, 1.165) is 19.0 Å². The summed E-state index contributed by atoms with van der Waals surface area (Å²) in [7, 11) is 0. The normalized spacial score (nSPS) is 20.9. The first-order valence-corrected chi connectivity index (χ1v) is 5.47. The maximum Gasteiger partial charge on any atom is 0.147 e. The molecule has 0 aliphatic carbocycles. The van der Waals surface area contributed by atoms with Gasteiger partial charge in [0, 0.05) is 24.1 Å². The lowest BCUT2D eigenvalue weighted by atomic mass is 9.97. The van der Waals surface area contributed by atoms with Crippen molar-refractivity contribution in [3.05, 3.63) is 27.7 Å². The van der Waals surface area contributed by atoms with Gasteiger partial charge in [0.15, 0.2) is 0 Å². The van der Waals surface area contributed by atoms with Crippen LogP contribution in [-0.2, 0) is 0 Å². The lowest BCUT2D eigenvalue weighted by Gasteiger charge is -2.13. The second kappa shape index (κ2) is 4.06. The van der Waals surface area contributed by atoms with Gasteiger partial charge in [-0.25, -0.2) is 8.78 Å². The third-order valence-corrected chi connectivity index (χ3v) is 3.37. The van der Waals surface area contributed by atoms with Gasteiger partial charge in [-0.2, -0.15) is 0 Å². The van der Waals surface area contributed by atoms with Gasteiger partial charge in [-0.3, -0.25) is 0 Å². The summed E-state index contributed by atoms with van der Waals surface area (Å²) >= 11 is 2.83. The predicted octanol–water partition coefficient (Wildman–Crippen LogP) is 2.51. The second-order valence-corrected chi connectivity index (χ2v) is 4.40. The zero-order valence-electron chi connectivity index (χ0n) is 7.86. The molecule has 2 N–H and O–H groups in total. The van der Waals surface area contributed by atoms with E-state index >= 15 is 0 Å². The Hall–Kier alpha value is -0.680. The van der Waals surface area contributed by atoms with Crippen molar-refractivity contribution in [1.29, 1.82) is 0 Å². The number of aromatic hydroxyl groups is 1. The summed E-state index contributed by atoms with van der Waals surface area (Å²) in [5, 5.41) is 12.6. The molecule has 2 rings (SSSR count). The molecular weight excluding hydrogens is 268 g/mol. The van der Waals surface area contributed by atoms with Crippen LogP contribution < -0.4 is 5.32 Å². The molecule has 1 atom stereocenters. The fourth-order valence-electron chi connectivity index (χ4n) is 1.89. The van der Waals surface area contributed by atoms with Crippen LogP contribution in [0.5, 0.6) is 5.75 Å². The van der Waals surface area contributed by atoms with Gasteiger partial charge in [0.25, 0.3) is 0 Å². The van der Waals surface area contributed by atoms with Crippen LogP contribution in [0, 0.1) is 11.6 Å². The van der Waals surface area contributed by atoms with Crippen LogP contribution in [0.4, 0.5) is 8.78 Å².